The van der Waals surface area contributed by atoms with Crippen molar-refractivity contribution in [1.82, 2.24) is 4.98 Å². The molecule has 1 N–H and O–H groups in total. The van der Waals surface area contributed by atoms with Crippen LogP contribution >= 0.6 is 0 Å². The predicted octanol–water partition coefficient (Wildman–Crippen LogP) is 2.52. The van der Waals surface area contributed by atoms with Crippen LogP contribution in [0.1, 0.15) is 32.4 Å². The van der Waals surface area contributed by atoms with E-state index in [-0.39, 0.29) is 11.7 Å². The summed E-state index contributed by atoms with van der Waals surface area (Å²) in [5, 5.41) is 8.52. The zero-order valence-electron chi connectivity index (χ0n) is 11.7. The molecule has 0 aromatic carbocycles. The van der Waals surface area contributed by atoms with Crippen LogP contribution in [0.15, 0.2) is 24.4 Å². The van der Waals surface area contributed by atoms with Gasteiger partial charge in [-0.15, -0.1) is 0 Å². The quantitative estimate of drug-likeness (QED) is 0.837. The summed E-state index contributed by atoms with van der Waals surface area (Å²) < 4.78 is 11.5. The number of rotatable bonds is 5. The van der Waals surface area contributed by atoms with Crippen LogP contribution in [-0.2, 0) is 9.53 Å². The highest BCUT2D eigenvalue weighted by atomic mass is 16.6. The van der Waals surface area contributed by atoms with Crippen LogP contribution in [-0.4, -0.2) is 34.4 Å². The van der Waals surface area contributed by atoms with E-state index in [0.29, 0.717) is 18.1 Å². The van der Waals surface area contributed by atoms with E-state index in [4.69, 9.17) is 14.6 Å². The first-order chi connectivity index (χ1) is 9.44. The summed E-state index contributed by atoms with van der Waals surface area (Å²) in [4.78, 5) is 14.5. The van der Waals surface area contributed by atoms with Gasteiger partial charge in [-0.05, 0) is 44.9 Å². The van der Waals surface area contributed by atoms with Crippen LogP contribution < -0.4 is 4.74 Å². The first-order valence-electron chi connectivity index (χ1n) is 6.62. The van der Waals surface area contributed by atoms with Crippen molar-refractivity contribution in [2.75, 3.05) is 6.61 Å². The van der Waals surface area contributed by atoms with Gasteiger partial charge in [0.25, 0.3) is 0 Å². The lowest BCUT2D eigenvalue weighted by Crippen LogP contribution is -2.23. The highest BCUT2D eigenvalue weighted by Gasteiger charge is 2.31. The van der Waals surface area contributed by atoms with Gasteiger partial charge in [-0.3, -0.25) is 4.98 Å². The third-order valence-electron chi connectivity index (χ3n) is 3.15. The van der Waals surface area contributed by atoms with Gasteiger partial charge in [-0.2, -0.15) is 0 Å². The van der Waals surface area contributed by atoms with Crippen LogP contribution in [0.4, 0.5) is 0 Å². The van der Waals surface area contributed by atoms with E-state index in [1.165, 1.54) is 6.08 Å². The second kappa shape index (κ2) is 6.05. The van der Waals surface area contributed by atoms with Gasteiger partial charge in [0.05, 0.1) is 23.6 Å². The highest BCUT2D eigenvalue weighted by molar-refractivity contribution is 5.84. The van der Waals surface area contributed by atoms with Crippen LogP contribution in [0.2, 0.25) is 0 Å². The number of carbonyl (C=O) groups is 1. The molecule has 5 heteroatoms. The average Bonchev–Trinajstić information content (AvgIpc) is 2.75. The Bertz CT molecular complexity index is 493. The largest absolute Gasteiger partial charge is 0.489 e. The van der Waals surface area contributed by atoms with Crippen molar-refractivity contribution < 1.29 is 19.4 Å². The maximum Gasteiger partial charge on any atom is 0.328 e. The Kier molecular flexibility index (Phi) is 4.39. The number of hydrogen-bond acceptors (Lipinski definition) is 4. The summed E-state index contributed by atoms with van der Waals surface area (Å²) in [5.74, 6) is -0.334. The van der Waals surface area contributed by atoms with Gasteiger partial charge in [0.2, 0.25) is 0 Å². The molecule has 2 rings (SSSR count). The molecule has 1 saturated heterocycles. The molecule has 0 amide bonds. The third-order valence-corrected chi connectivity index (χ3v) is 3.15. The van der Waals surface area contributed by atoms with Crippen LogP contribution in [0, 0.1) is 0 Å². The minimum Gasteiger partial charge on any atom is -0.489 e. The second-order valence-electron chi connectivity index (χ2n) is 5.44. The molecule has 5 nitrogen and oxygen atoms in total. The zero-order valence-corrected chi connectivity index (χ0v) is 11.7. The fraction of sp³-hybridized carbons (Fsp3) is 0.467. The van der Waals surface area contributed by atoms with Crippen LogP contribution in [0.25, 0.3) is 6.08 Å². The molecule has 2 heterocycles. The number of aliphatic carboxylic acids is 1. The van der Waals surface area contributed by atoms with Gasteiger partial charge in [-0.25, -0.2) is 4.79 Å². The first-order valence-corrected chi connectivity index (χ1v) is 6.62. The van der Waals surface area contributed by atoms with Gasteiger partial charge in [0.1, 0.15) is 12.4 Å². The molecule has 108 valence electrons. The molecule has 20 heavy (non-hydrogen) atoms. The first kappa shape index (κ1) is 14.5. The Balaban J connectivity index is 1.84. The van der Waals surface area contributed by atoms with Crippen molar-refractivity contribution in [1.29, 1.82) is 0 Å². The third kappa shape index (κ3) is 4.35. The summed E-state index contributed by atoms with van der Waals surface area (Å²) in [6.45, 7) is 4.67. The SMILES string of the molecule is CC1(C)CCC(COc2ccc(/C=C/C(=O)O)nc2)O1. The van der Waals surface area contributed by atoms with E-state index in [0.717, 1.165) is 18.9 Å². The summed E-state index contributed by atoms with van der Waals surface area (Å²) in [5.41, 5.74) is 0.524. The summed E-state index contributed by atoms with van der Waals surface area (Å²) in [7, 11) is 0. The maximum atomic E-state index is 10.4. The van der Waals surface area contributed by atoms with Crippen molar-refractivity contribution in [3.05, 3.63) is 30.1 Å². The Morgan fingerprint density at radius 1 is 1.60 bits per heavy atom. The summed E-state index contributed by atoms with van der Waals surface area (Å²) in [6.07, 6.45) is 6.24. The Hall–Kier alpha value is -1.88. The molecular weight excluding hydrogens is 258 g/mol. The standard InChI is InChI=1S/C15H19NO4/c1-15(2)8-7-13(20-15)10-19-12-5-3-11(16-9-12)4-6-14(17)18/h3-6,9,13H,7-8,10H2,1-2H3,(H,17,18)/b6-4+. The van der Waals surface area contributed by atoms with Crippen molar-refractivity contribution in [2.24, 2.45) is 0 Å². The van der Waals surface area contributed by atoms with Crippen molar-refractivity contribution in [2.45, 2.75) is 38.4 Å². The molecule has 1 aliphatic rings. The molecule has 1 unspecified atom stereocenters. The lowest BCUT2D eigenvalue weighted by atomic mass is 10.1. The van der Waals surface area contributed by atoms with Crippen molar-refractivity contribution in [3.8, 4) is 5.75 Å². The highest BCUT2D eigenvalue weighted by Crippen LogP contribution is 2.29. The van der Waals surface area contributed by atoms with Gasteiger partial charge in [0, 0.05) is 6.08 Å². The fourth-order valence-electron chi connectivity index (χ4n) is 2.12. The van der Waals surface area contributed by atoms with Gasteiger partial charge in [0.15, 0.2) is 0 Å². The molecule has 0 radical (unpaired) electrons. The zero-order chi connectivity index (χ0) is 14.6. The van der Waals surface area contributed by atoms with E-state index in [1.54, 1.807) is 18.3 Å². The molecule has 0 spiro atoms. The molecule has 1 aliphatic heterocycles. The van der Waals surface area contributed by atoms with E-state index in [1.807, 2.05) is 0 Å². The van der Waals surface area contributed by atoms with E-state index in [9.17, 15) is 4.79 Å². The number of nitrogens with zero attached hydrogens (tertiary/aromatic N) is 1. The number of carboxylic acids is 1. The Morgan fingerprint density at radius 3 is 2.95 bits per heavy atom. The van der Waals surface area contributed by atoms with Crippen LogP contribution in [0.5, 0.6) is 5.75 Å². The van der Waals surface area contributed by atoms with E-state index >= 15 is 0 Å². The molecule has 1 atom stereocenters. The maximum absolute atomic E-state index is 10.4. The summed E-state index contributed by atoms with van der Waals surface area (Å²) >= 11 is 0. The molecule has 1 aromatic rings. The molecule has 1 aromatic heterocycles. The van der Waals surface area contributed by atoms with Crippen molar-refractivity contribution >= 4 is 12.0 Å². The number of hydrogen-bond donors (Lipinski definition) is 1. The predicted molar refractivity (Wildman–Crippen MR) is 74.6 cm³/mol. The topological polar surface area (TPSA) is 68.7 Å². The van der Waals surface area contributed by atoms with Gasteiger partial charge in [-0.1, -0.05) is 0 Å². The summed E-state index contributed by atoms with van der Waals surface area (Å²) in [6, 6.07) is 3.49. The number of carboxylic acid groups (broad SMARTS) is 1. The lowest BCUT2D eigenvalue weighted by molar-refractivity contribution is -0.131. The van der Waals surface area contributed by atoms with Crippen LogP contribution in [0.3, 0.4) is 0 Å². The van der Waals surface area contributed by atoms with Crippen molar-refractivity contribution in [3.63, 3.8) is 0 Å². The number of ether oxygens (including phenoxy) is 2. The lowest BCUT2D eigenvalue weighted by Gasteiger charge is -2.19. The Labute approximate surface area is 118 Å². The van der Waals surface area contributed by atoms with E-state index < -0.39 is 5.97 Å². The molecule has 0 bridgehead atoms. The average molecular weight is 277 g/mol. The minimum absolute atomic E-state index is 0.0578. The molecule has 0 saturated carbocycles. The minimum atomic E-state index is -0.992. The Morgan fingerprint density at radius 2 is 2.40 bits per heavy atom. The fourth-order valence-corrected chi connectivity index (χ4v) is 2.12. The monoisotopic (exact) mass is 277 g/mol. The number of aromatic nitrogens is 1. The number of pyridine rings is 1. The molecule has 1 fully saturated rings. The van der Waals surface area contributed by atoms with Gasteiger partial charge >= 0.3 is 5.97 Å². The normalized spacial score (nSPS) is 21.2. The smallest absolute Gasteiger partial charge is 0.328 e. The second-order valence-corrected chi connectivity index (χ2v) is 5.44. The molecular formula is C15H19NO4. The van der Waals surface area contributed by atoms with Gasteiger partial charge < -0.3 is 14.6 Å². The van der Waals surface area contributed by atoms with E-state index in [2.05, 4.69) is 18.8 Å². The molecule has 0 aliphatic carbocycles.